The Bertz CT molecular complexity index is 973. The molecule has 2 aliphatic heterocycles. The molecule has 11 nitrogen and oxygen atoms in total. The largest absolute Gasteiger partial charge is 0.394 e. The molecule has 37 heavy (non-hydrogen) atoms. The van der Waals surface area contributed by atoms with Crippen LogP contribution >= 0.6 is 0 Å². The quantitative estimate of drug-likeness (QED) is 0.175. The van der Waals surface area contributed by atoms with E-state index in [1.165, 1.54) is 4.90 Å². The van der Waals surface area contributed by atoms with E-state index in [0.717, 1.165) is 11.1 Å². The fourth-order valence-corrected chi connectivity index (χ4v) is 3.86. The molecule has 3 rings (SSSR count). The first-order chi connectivity index (χ1) is 18.1. The standard InChI is InChI=1S/C26H34N2O9/c29-7-9-34-11-13-36-15-17-37-16-14-35-12-10-33-8-1-2-20-3-4-22-21(18-20)19-28(26(22)32)23-5-6-24(30)27-25(23)31/h3-4,18,23,29H,5-17,19H2,(H,27,30,31). The zero-order chi connectivity index (χ0) is 26.3. The number of piperidine rings is 1. The Labute approximate surface area is 216 Å². The van der Waals surface area contributed by atoms with E-state index in [1.807, 2.05) is 6.07 Å². The second-order valence-corrected chi connectivity index (χ2v) is 8.30. The summed E-state index contributed by atoms with van der Waals surface area (Å²) >= 11 is 0. The highest BCUT2D eigenvalue weighted by Crippen LogP contribution is 2.28. The number of rotatable bonds is 16. The van der Waals surface area contributed by atoms with Gasteiger partial charge in [0.15, 0.2) is 0 Å². The predicted molar refractivity (Wildman–Crippen MR) is 131 cm³/mol. The number of carbonyl (C=O) groups is 3. The van der Waals surface area contributed by atoms with Gasteiger partial charge in [0, 0.05) is 24.1 Å². The molecule has 0 spiro atoms. The Morgan fingerprint density at radius 3 is 2.14 bits per heavy atom. The lowest BCUT2D eigenvalue weighted by molar-refractivity contribution is -0.136. The highest BCUT2D eigenvalue weighted by molar-refractivity contribution is 6.05. The number of aliphatic hydroxyl groups excluding tert-OH is 1. The van der Waals surface area contributed by atoms with Gasteiger partial charge in [-0.1, -0.05) is 11.8 Å². The molecule has 2 aliphatic rings. The molecule has 0 radical (unpaired) electrons. The third kappa shape index (κ3) is 9.51. The van der Waals surface area contributed by atoms with Gasteiger partial charge >= 0.3 is 0 Å². The maximum absolute atomic E-state index is 12.7. The van der Waals surface area contributed by atoms with Crippen LogP contribution in [0.5, 0.6) is 0 Å². The van der Waals surface area contributed by atoms with Crippen molar-refractivity contribution in [3.05, 3.63) is 34.9 Å². The number of nitrogens with zero attached hydrogens (tertiary/aromatic N) is 1. The van der Waals surface area contributed by atoms with Gasteiger partial charge < -0.3 is 33.7 Å². The average Bonchev–Trinajstić information content (AvgIpc) is 3.21. The lowest BCUT2D eigenvalue weighted by Gasteiger charge is -2.29. The van der Waals surface area contributed by atoms with Crippen molar-refractivity contribution in [1.82, 2.24) is 10.2 Å². The summed E-state index contributed by atoms with van der Waals surface area (Å²) < 4.78 is 26.7. The average molecular weight is 519 g/mol. The van der Waals surface area contributed by atoms with Crippen LogP contribution in [0.2, 0.25) is 0 Å². The number of imide groups is 1. The summed E-state index contributed by atoms with van der Waals surface area (Å²) in [5.74, 6) is 5.05. The van der Waals surface area contributed by atoms with Gasteiger partial charge in [0.1, 0.15) is 12.6 Å². The molecule has 2 N–H and O–H groups in total. The van der Waals surface area contributed by atoms with Crippen LogP contribution < -0.4 is 5.32 Å². The van der Waals surface area contributed by atoms with Gasteiger partial charge in [0.05, 0.1) is 66.1 Å². The Morgan fingerprint density at radius 2 is 1.51 bits per heavy atom. The normalized spacial score (nSPS) is 16.9. The third-order valence-corrected chi connectivity index (χ3v) is 5.65. The fourth-order valence-electron chi connectivity index (χ4n) is 3.86. The number of hydrogen-bond acceptors (Lipinski definition) is 9. The second kappa shape index (κ2) is 16.1. The molecular weight excluding hydrogens is 484 g/mol. The van der Waals surface area contributed by atoms with Gasteiger partial charge in [-0.15, -0.1) is 0 Å². The van der Waals surface area contributed by atoms with Gasteiger partial charge in [0.25, 0.3) is 5.91 Å². The topological polar surface area (TPSA) is 133 Å². The van der Waals surface area contributed by atoms with Crippen LogP contribution in [0.25, 0.3) is 0 Å². The van der Waals surface area contributed by atoms with Crippen molar-refractivity contribution in [3.8, 4) is 11.8 Å². The van der Waals surface area contributed by atoms with Gasteiger partial charge in [0.2, 0.25) is 11.8 Å². The van der Waals surface area contributed by atoms with Gasteiger partial charge in [-0.25, -0.2) is 0 Å². The van der Waals surface area contributed by atoms with Crippen molar-refractivity contribution < 1.29 is 43.2 Å². The zero-order valence-corrected chi connectivity index (χ0v) is 20.9. The van der Waals surface area contributed by atoms with Crippen molar-refractivity contribution in [2.75, 3.05) is 72.7 Å². The Kier molecular flexibility index (Phi) is 12.5. The van der Waals surface area contributed by atoms with Crippen LogP contribution in [-0.4, -0.2) is 106 Å². The molecule has 0 aromatic heterocycles. The first kappa shape index (κ1) is 28.7. The van der Waals surface area contributed by atoms with E-state index in [4.69, 9.17) is 28.8 Å². The van der Waals surface area contributed by atoms with E-state index >= 15 is 0 Å². The van der Waals surface area contributed by atoms with Crippen LogP contribution in [0.3, 0.4) is 0 Å². The fraction of sp³-hybridized carbons (Fsp3) is 0.577. The van der Waals surface area contributed by atoms with Crippen LogP contribution in [0, 0.1) is 11.8 Å². The molecule has 1 saturated heterocycles. The van der Waals surface area contributed by atoms with E-state index in [1.54, 1.807) is 12.1 Å². The van der Waals surface area contributed by atoms with Gasteiger partial charge in [-0.05, 0) is 30.2 Å². The SMILES string of the molecule is O=C1CCC(N2Cc3cc(C#CCOCCOCCOCCOCCOCCO)ccc3C2=O)C(=O)N1. The molecule has 3 amide bonds. The summed E-state index contributed by atoms with van der Waals surface area (Å²) in [6.07, 6.45) is 0.565. The molecule has 2 heterocycles. The minimum absolute atomic E-state index is 0.0107. The van der Waals surface area contributed by atoms with Crippen LogP contribution in [-0.2, 0) is 39.8 Å². The third-order valence-electron chi connectivity index (χ3n) is 5.65. The Morgan fingerprint density at radius 1 is 0.892 bits per heavy atom. The molecule has 11 heteroatoms. The van der Waals surface area contributed by atoms with E-state index in [2.05, 4.69) is 17.2 Å². The zero-order valence-electron chi connectivity index (χ0n) is 20.9. The first-order valence-corrected chi connectivity index (χ1v) is 12.4. The molecule has 1 fully saturated rings. The van der Waals surface area contributed by atoms with E-state index in [0.29, 0.717) is 78.0 Å². The minimum Gasteiger partial charge on any atom is -0.394 e. The van der Waals surface area contributed by atoms with Crippen LogP contribution in [0.4, 0.5) is 0 Å². The monoisotopic (exact) mass is 518 g/mol. The Hall–Kier alpha value is -2.85. The number of amides is 3. The molecule has 1 aromatic carbocycles. The summed E-state index contributed by atoms with van der Waals surface area (Å²) in [5, 5.41) is 10.9. The number of benzene rings is 1. The lowest BCUT2D eigenvalue weighted by Crippen LogP contribution is -2.52. The Balaban J connectivity index is 1.24. The number of carbonyl (C=O) groups excluding carboxylic acids is 3. The molecule has 0 aliphatic carbocycles. The highest BCUT2D eigenvalue weighted by Gasteiger charge is 2.38. The minimum atomic E-state index is -0.628. The van der Waals surface area contributed by atoms with Crippen LogP contribution in [0.15, 0.2) is 18.2 Å². The summed E-state index contributed by atoms with van der Waals surface area (Å²) in [5.41, 5.74) is 2.14. The van der Waals surface area contributed by atoms with Crippen molar-refractivity contribution in [1.29, 1.82) is 0 Å². The van der Waals surface area contributed by atoms with E-state index in [9.17, 15) is 14.4 Å². The molecule has 1 unspecified atom stereocenters. The summed E-state index contributed by atoms with van der Waals surface area (Å²) in [4.78, 5) is 37.8. The number of fused-ring (bicyclic) bond motifs is 1. The summed E-state index contributed by atoms with van der Waals surface area (Å²) in [6.45, 7) is 4.53. The summed E-state index contributed by atoms with van der Waals surface area (Å²) in [6, 6.07) is 4.73. The number of aliphatic hydroxyl groups is 1. The number of hydrogen-bond donors (Lipinski definition) is 2. The van der Waals surface area contributed by atoms with Crippen LogP contribution in [0.1, 0.15) is 34.3 Å². The smallest absolute Gasteiger partial charge is 0.255 e. The maximum Gasteiger partial charge on any atom is 0.255 e. The molecule has 0 saturated carbocycles. The predicted octanol–water partition coefficient (Wildman–Crippen LogP) is -0.126. The first-order valence-electron chi connectivity index (χ1n) is 12.4. The lowest BCUT2D eigenvalue weighted by atomic mass is 10.0. The van der Waals surface area contributed by atoms with E-state index < -0.39 is 11.9 Å². The van der Waals surface area contributed by atoms with Crippen molar-refractivity contribution in [3.63, 3.8) is 0 Å². The molecule has 202 valence electrons. The van der Waals surface area contributed by atoms with Gasteiger partial charge in [-0.2, -0.15) is 0 Å². The summed E-state index contributed by atoms with van der Waals surface area (Å²) in [7, 11) is 0. The molecular formula is C26H34N2O9. The van der Waals surface area contributed by atoms with E-state index in [-0.39, 0.29) is 31.4 Å². The number of nitrogens with one attached hydrogen (secondary N) is 1. The molecule has 0 bridgehead atoms. The van der Waals surface area contributed by atoms with Crippen molar-refractivity contribution in [2.24, 2.45) is 0 Å². The molecule has 1 aromatic rings. The van der Waals surface area contributed by atoms with Crippen molar-refractivity contribution >= 4 is 17.7 Å². The second-order valence-electron chi connectivity index (χ2n) is 8.30. The number of ether oxygens (including phenoxy) is 5. The maximum atomic E-state index is 12.7. The van der Waals surface area contributed by atoms with Gasteiger partial charge in [-0.3, -0.25) is 19.7 Å². The highest BCUT2D eigenvalue weighted by atomic mass is 16.6. The molecule has 1 atom stereocenters. The van der Waals surface area contributed by atoms with Crippen molar-refractivity contribution in [2.45, 2.75) is 25.4 Å².